The molecule has 0 fully saturated rings. The van der Waals surface area contributed by atoms with Gasteiger partial charge in [0.2, 0.25) is 0 Å². The largest absolute Gasteiger partial charge is 0.489 e. The van der Waals surface area contributed by atoms with Crippen LogP contribution in [0.25, 0.3) is 205 Å². The van der Waals surface area contributed by atoms with E-state index in [1.54, 1.807) is 0 Å². The van der Waals surface area contributed by atoms with Crippen LogP contribution in [0.15, 0.2) is 279 Å². The zero-order chi connectivity index (χ0) is 65.5. The molecule has 2 N–H and O–H groups in total. The Kier molecular flexibility index (Phi) is 12.5. The molecular formula is C93H57BCl2O2. The van der Waals surface area contributed by atoms with E-state index in [0.29, 0.717) is 5.46 Å². The number of halogens is 2. The van der Waals surface area contributed by atoms with E-state index in [2.05, 4.69) is 244 Å². The van der Waals surface area contributed by atoms with Crippen molar-refractivity contribution < 1.29 is 10.0 Å². The van der Waals surface area contributed by atoms with Gasteiger partial charge in [0, 0.05) is 10.0 Å². The summed E-state index contributed by atoms with van der Waals surface area (Å²) in [5.41, 5.74) is 9.34. The minimum atomic E-state index is -1.40. The first-order chi connectivity index (χ1) is 48.0. The molecule has 0 aromatic heterocycles. The van der Waals surface area contributed by atoms with Crippen molar-refractivity contribution in [3.63, 3.8) is 0 Å². The lowest BCUT2D eigenvalue weighted by Gasteiger charge is -2.11. The average Bonchev–Trinajstić information content (AvgIpc) is 1.53. The van der Waals surface area contributed by atoms with E-state index in [9.17, 15) is 10.0 Å². The summed E-state index contributed by atoms with van der Waals surface area (Å²) in [5.74, 6) is 0. The van der Waals surface area contributed by atoms with Gasteiger partial charge in [0.1, 0.15) is 0 Å². The van der Waals surface area contributed by atoms with Gasteiger partial charge < -0.3 is 10.0 Å². The van der Waals surface area contributed by atoms with Gasteiger partial charge in [-0.05, 0) is 303 Å². The summed E-state index contributed by atoms with van der Waals surface area (Å²) in [6.45, 7) is 6.35. The monoisotopic (exact) mass is 1290 g/mol. The standard InChI is InChI=1S/C52H32.C30H14Cl2.C11H11BO2/c1-29-17-19-31-9-3-5-11-35(31)49(29)33-21-23-37-43(25-33)39-13-7-15-41-46-28-48-38-24-22-34(50-30(2)18-20-32-10-4-6-12-36(32)50)26-44(38)40-14-8-16-42(52(40)48)45(46)27-47(37)51(39)41;31-15-7-9-17-23(11-15)19-3-1-5-21-25-13-28-18-10-8-16(32)12-24(18)20-4-2-6-22(30(20)28)26(25)14-27(17)29(19)21;1-8-6-7-9-4-2-3-5-10(9)11(8)12(13)14/h3-28H,1-2H3;1-14H;2-7,13-14H,1H3. The fraction of sp³-hybridized carbons (Fsp3) is 0.0323. The predicted molar refractivity (Wildman–Crippen MR) is 427 cm³/mol. The van der Waals surface area contributed by atoms with E-state index < -0.39 is 7.12 Å². The van der Waals surface area contributed by atoms with Crippen LogP contribution in [-0.2, 0) is 0 Å². The van der Waals surface area contributed by atoms with Gasteiger partial charge in [0.25, 0.3) is 0 Å². The van der Waals surface area contributed by atoms with Gasteiger partial charge in [0.05, 0.1) is 0 Å². The van der Waals surface area contributed by atoms with Crippen molar-refractivity contribution in [2.45, 2.75) is 20.8 Å². The van der Waals surface area contributed by atoms with E-state index in [-0.39, 0.29) is 0 Å². The Bertz CT molecular complexity index is 6770. The zero-order valence-electron chi connectivity index (χ0n) is 53.8. The van der Waals surface area contributed by atoms with Crippen LogP contribution in [0.2, 0.25) is 10.0 Å². The lowest BCUT2D eigenvalue weighted by Crippen LogP contribution is -2.32. The summed E-state index contributed by atoms with van der Waals surface area (Å²) in [4.78, 5) is 0. The topological polar surface area (TPSA) is 40.5 Å². The second-order valence-corrected chi connectivity index (χ2v) is 27.9. The molecule has 22 rings (SSSR count). The van der Waals surface area contributed by atoms with Crippen molar-refractivity contribution in [3.8, 4) is 22.3 Å². The second-order valence-electron chi connectivity index (χ2n) is 27.0. The van der Waals surface area contributed by atoms with Crippen LogP contribution in [0.5, 0.6) is 0 Å². The molecule has 0 spiro atoms. The van der Waals surface area contributed by atoms with E-state index in [0.717, 1.165) is 26.4 Å². The molecule has 0 saturated heterocycles. The zero-order valence-corrected chi connectivity index (χ0v) is 55.3. The fourth-order valence-corrected chi connectivity index (χ4v) is 18.0. The van der Waals surface area contributed by atoms with E-state index >= 15 is 0 Å². The highest BCUT2D eigenvalue weighted by Crippen LogP contribution is 2.51. The molecule has 98 heavy (non-hydrogen) atoms. The molecule has 0 atom stereocenters. The molecule has 0 heterocycles. The second kappa shape index (κ2) is 21.4. The molecule has 0 aliphatic heterocycles. The first-order valence-corrected chi connectivity index (χ1v) is 34.4. The van der Waals surface area contributed by atoms with Crippen molar-refractivity contribution in [2.24, 2.45) is 0 Å². The lowest BCUT2D eigenvalue weighted by atomic mass is 9.74. The Morgan fingerprint density at radius 1 is 0.214 bits per heavy atom. The molecule has 22 aromatic rings. The molecule has 0 bridgehead atoms. The van der Waals surface area contributed by atoms with Gasteiger partial charge in [-0.15, -0.1) is 0 Å². The Labute approximate surface area is 573 Å². The molecule has 5 heteroatoms. The van der Waals surface area contributed by atoms with Gasteiger partial charge in [-0.1, -0.05) is 247 Å². The van der Waals surface area contributed by atoms with Crippen molar-refractivity contribution in [3.05, 3.63) is 306 Å². The third kappa shape index (κ3) is 8.26. The Morgan fingerprint density at radius 2 is 0.490 bits per heavy atom. The third-order valence-electron chi connectivity index (χ3n) is 21.9. The predicted octanol–water partition coefficient (Wildman–Crippen LogP) is 25.7. The molecule has 0 radical (unpaired) electrons. The minimum absolute atomic E-state index is 0.600. The highest BCUT2D eigenvalue weighted by molar-refractivity contribution is 6.62. The number of hydrogen-bond acceptors (Lipinski definition) is 2. The number of hydrogen-bond donors (Lipinski definition) is 2. The number of rotatable bonds is 3. The van der Waals surface area contributed by atoms with E-state index in [1.165, 1.54) is 206 Å². The van der Waals surface area contributed by atoms with Crippen molar-refractivity contribution >= 4 is 219 Å². The molecule has 0 aliphatic rings. The quantitative estimate of drug-likeness (QED) is 0.137. The number of aryl methyl sites for hydroxylation is 3. The summed E-state index contributed by atoms with van der Waals surface area (Å²) in [6, 6.07) is 102. The highest BCUT2D eigenvalue weighted by atomic mass is 35.5. The number of fused-ring (bicyclic) bond motifs is 21. The lowest BCUT2D eigenvalue weighted by molar-refractivity contribution is 0.426. The van der Waals surface area contributed by atoms with Crippen molar-refractivity contribution in [2.75, 3.05) is 0 Å². The van der Waals surface area contributed by atoms with Crippen LogP contribution in [0.4, 0.5) is 0 Å². The normalized spacial score (nSPS) is 12.2. The molecule has 0 unspecified atom stereocenters. The summed E-state index contributed by atoms with van der Waals surface area (Å²) >= 11 is 12.8. The summed E-state index contributed by atoms with van der Waals surface area (Å²) in [6.07, 6.45) is 0. The highest BCUT2D eigenvalue weighted by Gasteiger charge is 2.24. The molecule has 458 valence electrons. The van der Waals surface area contributed by atoms with Crippen LogP contribution in [0, 0.1) is 20.8 Å². The van der Waals surface area contributed by atoms with E-state index in [1.807, 2.05) is 55.5 Å². The first-order valence-electron chi connectivity index (χ1n) is 33.6. The van der Waals surface area contributed by atoms with E-state index in [4.69, 9.17) is 23.2 Å². The Hall–Kier alpha value is -11.1. The van der Waals surface area contributed by atoms with Gasteiger partial charge >= 0.3 is 7.12 Å². The molecule has 0 amide bonds. The molecule has 2 nitrogen and oxygen atoms in total. The summed E-state index contributed by atoms with van der Waals surface area (Å²) < 4.78 is 0. The summed E-state index contributed by atoms with van der Waals surface area (Å²) in [5, 5.41) is 64.0. The average molecular weight is 1290 g/mol. The molecular weight excluding hydrogens is 1230 g/mol. The van der Waals surface area contributed by atoms with Crippen LogP contribution >= 0.6 is 23.2 Å². The molecule has 22 aromatic carbocycles. The van der Waals surface area contributed by atoms with Gasteiger partial charge in [-0.3, -0.25) is 0 Å². The third-order valence-corrected chi connectivity index (χ3v) is 22.3. The van der Waals surface area contributed by atoms with Crippen LogP contribution in [0.3, 0.4) is 0 Å². The number of benzene rings is 18. The van der Waals surface area contributed by atoms with Gasteiger partial charge in [-0.25, -0.2) is 0 Å². The van der Waals surface area contributed by atoms with Crippen LogP contribution in [-0.4, -0.2) is 17.2 Å². The maximum Gasteiger partial charge on any atom is 0.489 e. The Morgan fingerprint density at radius 3 is 0.837 bits per heavy atom. The smallest absolute Gasteiger partial charge is 0.423 e. The van der Waals surface area contributed by atoms with Crippen molar-refractivity contribution in [1.29, 1.82) is 0 Å². The van der Waals surface area contributed by atoms with Crippen molar-refractivity contribution in [1.82, 2.24) is 0 Å². The van der Waals surface area contributed by atoms with Crippen LogP contribution in [0.1, 0.15) is 16.7 Å². The fourth-order valence-electron chi connectivity index (χ4n) is 17.6. The minimum Gasteiger partial charge on any atom is -0.423 e. The maximum atomic E-state index is 9.26. The van der Waals surface area contributed by atoms with Gasteiger partial charge in [0.15, 0.2) is 0 Å². The SMILES string of the molecule is Cc1ccc2ccccc2c1-c1ccc2c(c1)c1cccc3c4cc5c6ccc(-c7c(C)ccc8ccccc78)cc6c6cccc(c4cc2c13)c65.Cc1ccc2ccccc2c1B(O)O.Clc1ccc2c(c1)c1cccc3c4cc5c6ccc(Cl)cc6c6cccc(c4cc2c13)c65. The molecule has 0 aliphatic carbocycles. The van der Waals surface area contributed by atoms with Crippen LogP contribution < -0.4 is 5.46 Å². The first kappa shape index (κ1) is 57.1. The van der Waals surface area contributed by atoms with Gasteiger partial charge in [-0.2, -0.15) is 0 Å². The maximum absolute atomic E-state index is 9.26. The Balaban J connectivity index is 0.000000119. The summed E-state index contributed by atoms with van der Waals surface area (Å²) in [7, 11) is -1.40. The molecule has 0 saturated carbocycles.